The highest BCUT2D eigenvalue weighted by Crippen LogP contribution is 2.33. The lowest BCUT2D eigenvalue weighted by Crippen LogP contribution is -2.04. The zero-order valence-corrected chi connectivity index (χ0v) is 12.3. The number of aromatic nitrogens is 1. The number of para-hydroxylation sites is 1. The summed E-state index contributed by atoms with van der Waals surface area (Å²) in [6.07, 6.45) is 6.95. The predicted octanol–water partition coefficient (Wildman–Crippen LogP) is 5.88. The lowest BCUT2D eigenvalue weighted by molar-refractivity contribution is 0.443. The molecule has 1 aliphatic rings. The normalized spacial score (nSPS) is 16.4. The Hall–Kier alpha value is -2.02. The highest BCUT2D eigenvalue weighted by atomic mass is 14.7. The second-order valence-corrected chi connectivity index (χ2v) is 6.23. The molecule has 4 rings (SSSR count). The van der Waals surface area contributed by atoms with E-state index < -0.39 is 0 Å². The summed E-state index contributed by atoms with van der Waals surface area (Å²) >= 11 is 0. The van der Waals surface area contributed by atoms with Gasteiger partial charge in [0.25, 0.3) is 0 Å². The molecule has 3 aromatic rings. The number of benzene rings is 2. The molecule has 1 heteroatoms. The minimum Gasteiger partial charge on any atom is -0.355 e. The van der Waals surface area contributed by atoms with E-state index in [0.29, 0.717) is 0 Å². The zero-order valence-electron chi connectivity index (χ0n) is 12.3. The summed E-state index contributed by atoms with van der Waals surface area (Å²) in [5.41, 5.74) is 5.23. The monoisotopic (exact) mass is 275 g/mol. The summed E-state index contributed by atoms with van der Waals surface area (Å²) in [5, 5.41) is 1.28. The summed E-state index contributed by atoms with van der Waals surface area (Å²) in [7, 11) is 0. The van der Waals surface area contributed by atoms with E-state index in [2.05, 4.69) is 59.6 Å². The van der Waals surface area contributed by atoms with Crippen molar-refractivity contribution in [2.45, 2.75) is 38.0 Å². The zero-order chi connectivity index (χ0) is 14.1. The molecule has 21 heavy (non-hydrogen) atoms. The number of nitrogens with one attached hydrogen (secondary N) is 1. The quantitative estimate of drug-likeness (QED) is 0.601. The number of hydrogen-bond acceptors (Lipinski definition) is 0. The molecule has 0 amide bonds. The van der Waals surface area contributed by atoms with Crippen LogP contribution in [-0.4, -0.2) is 4.98 Å². The fourth-order valence-corrected chi connectivity index (χ4v) is 3.60. The third kappa shape index (κ3) is 2.49. The Morgan fingerprint density at radius 2 is 1.57 bits per heavy atom. The van der Waals surface area contributed by atoms with Gasteiger partial charge in [0.15, 0.2) is 0 Å². The van der Waals surface area contributed by atoms with Crippen molar-refractivity contribution in [3.05, 3.63) is 60.2 Å². The average molecular weight is 275 g/mol. The van der Waals surface area contributed by atoms with Gasteiger partial charge in [0, 0.05) is 16.6 Å². The Labute approximate surface area is 126 Å². The smallest absolute Gasteiger partial charge is 0.0464 e. The van der Waals surface area contributed by atoms with Crippen LogP contribution in [0.2, 0.25) is 0 Å². The largest absolute Gasteiger partial charge is 0.355 e. The Kier molecular flexibility index (Phi) is 3.27. The van der Waals surface area contributed by atoms with E-state index in [1.54, 1.807) is 0 Å². The molecular formula is C20H21N. The molecule has 1 nitrogen and oxygen atoms in total. The topological polar surface area (TPSA) is 15.8 Å². The first kappa shape index (κ1) is 12.7. The molecule has 1 saturated carbocycles. The van der Waals surface area contributed by atoms with Gasteiger partial charge in [0.1, 0.15) is 0 Å². The standard InChI is InChI=1S/C20H21N/c1-2-6-15(7-3-1)16-10-12-17(13-11-16)20-14-18-8-4-5-9-19(18)21-20/h4-5,8-15,21H,1-3,6-7H2. The van der Waals surface area contributed by atoms with Gasteiger partial charge in [0.2, 0.25) is 0 Å². The molecule has 0 aliphatic heterocycles. The van der Waals surface area contributed by atoms with Crippen LogP contribution in [0.15, 0.2) is 54.6 Å². The highest BCUT2D eigenvalue weighted by molar-refractivity contribution is 5.85. The van der Waals surface area contributed by atoms with Crippen LogP contribution >= 0.6 is 0 Å². The van der Waals surface area contributed by atoms with E-state index in [4.69, 9.17) is 0 Å². The van der Waals surface area contributed by atoms with Crippen LogP contribution in [-0.2, 0) is 0 Å². The summed E-state index contributed by atoms with van der Waals surface area (Å²) in [6.45, 7) is 0. The van der Waals surface area contributed by atoms with Gasteiger partial charge in [-0.15, -0.1) is 0 Å². The molecule has 1 aliphatic carbocycles. The lowest BCUT2D eigenvalue weighted by atomic mass is 9.84. The van der Waals surface area contributed by atoms with Crippen LogP contribution < -0.4 is 0 Å². The van der Waals surface area contributed by atoms with Gasteiger partial charge in [-0.1, -0.05) is 61.7 Å². The Morgan fingerprint density at radius 3 is 2.33 bits per heavy atom. The molecule has 1 aromatic heterocycles. The minimum atomic E-state index is 0.788. The van der Waals surface area contributed by atoms with Gasteiger partial charge in [0.05, 0.1) is 0 Å². The lowest BCUT2D eigenvalue weighted by Gasteiger charge is -2.22. The van der Waals surface area contributed by atoms with Crippen LogP contribution in [0.1, 0.15) is 43.6 Å². The van der Waals surface area contributed by atoms with Crippen LogP contribution in [0.3, 0.4) is 0 Å². The van der Waals surface area contributed by atoms with E-state index in [1.165, 1.54) is 59.8 Å². The fraction of sp³-hybridized carbons (Fsp3) is 0.300. The summed E-state index contributed by atoms with van der Waals surface area (Å²) in [4.78, 5) is 3.51. The maximum atomic E-state index is 3.51. The fourth-order valence-electron chi connectivity index (χ4n) is 3.60. The van der Waals surface area contributed by atoms with Crippen molar-refractivity contribution >= 4 is 10.9 Å². The molecule has 0 saturated heterocycles. The van der Waals surface area contributed by atoms with Crippen LogP contribution in [0.25, 0.3) is 22.2 Å². The maximum Gasteiger partial charge on any atom is 0.0464 e. The maximum absolute atomic E-state index is 3.51. The molecule has 1 N–H and O–H groups in total. The number of H-pyrrole nitrogens is 1. The van der Waals surface area contributed by atoms with E-state index in [-0.39, 0.29) is 0 Å². The van der Waals surface area contributed by atoms with E-state index in [0.717, 1.165) is 5.92 Å². The van der Waals surface area contributed by atoms with E-state index in [1.807, 2.05) is 0 Å². The van der Waals surface area contributed by atoms with Gasteiger partial charge in [-0.25, -0.2) is 0 Å². The first-order valence-corrected chi connectivity index (χ1v) is 8.08. The van der Waals surface area contributed by atoms with Crippen molar-refractivity contribution in [2.24, 2.45) is 0 Å². The molecule has 0 spiro atoms. The van der Waals surface area contributed by atoms with Gasteiger partial charge in [-0.3, -0.25) is 0 Å². The summed E-state index contributed by atoms with van der Waals surface area (Å²) in [5.74, 6) is 0.788. The molecule has 2 aromatic carbocycles. The first-order chi connectivity index (χ1) is 10.4. The van der Waals surface area contributed by atoms with Gasteiger partial charge >= 0.3 is 0 Å². The second kappa shape index (κ2) is 5.40. The van der Waals surface area contributed by atoms with Gasteiger partial charge in [-0.2, -0.15) is 0 Å². The van der Waals surface area contributed by atoms with Gasteiger partial charge in [-0.05, 0) is 42.0 Å². The van der Waals surface area contributed by atoms with Gasteiger partial charge < -0.3 is 4.98 Å². The van der Waals surface area contributed by atoms with Crippen molar-refractivity contribution < 1.29 is 0 Å². The summed E-state index contributed by atoms with van der Waals surface area (Å²) < 4.78 is 0. The second-order valence-electron chi connectivity index (χ2n) is 6.23. The van der Waals surface area contributed by atoms with Crippen LogP contribution in [0.5, 0.6) is 0 Å². The van der Waals surface area contributed by atoms with Crippen molar-refractivity contribution in [2.75, 3.05) is 0 Å². The van der Waals surface area contributed by atoms with Crippen LogP contribution in [0.4, 0.5) is 0 Å². The average Bonchev–Trinajstić information content (AvgIpc) is 3.00. The molecule has 0 bridgehead atoms. The van der Waals surface area contributed by atoms with Crippen molar-refractivity contribution in [1.82, 2.24) is 4.98 Å². The van der Waals surface area contributed by atoms with Crippen molar-refractivity contribution in [3.63, 3.8) is 0 Å². The van der Waals surface area contributed by atoms with Crippen LogP contribution in [0, 0.1) is 0 Å². The molecule has 106 valence electrons. The predicted molar refractivity (Wildman–Crippen MR) is 89.6 cm³/mol. The first-order valence-electron chi connectivity index (χ1n) is 8.08. The molecule has 0 radical (unpaired) electrons. The van der Waals surface area contributed by atoms with Crippen molar-refractivity contribution in [1.29, 1.82) is 0 Å². The molecular weight excluding hydrogens is 254 g/mol. The SMILES string of the molecule is c1ccc2[nH]c(-c3ccc(C4CCCCC4)cc3)cc2c1. The molecule has 1 fully saturated rings. The number of rotatable bonds is 2. The Bertz CT molecular complexity index is 697. The molecule has 1 heterocycles. The molecule has 0 unspecified atom stereocenters. The number of hydrogen-bond donors (Lipinski definition) is 1. The van der Waals surface area contributed by atoms with Crippen molar-refractivity contribution in [3.8, 4) is 11.3 Å². The Balaban J connectivity index is 1.63. The Morgan fingerprint density at radius 1 is 0.810 bits per heavy atom. The summed E-state index contributed by atoms with van der Waals surface area (Å²) in [6, 6.07) is 19.9. The van der Waals surface area contributed by atoms with E-state index >= 15 is 0 Å². The number of aromatic amines is 1. The third-order valence-corrected chi connectivity index (χ3v) is 4.83. The minimum absolute atomic E-state index is 0.788. The highest BCUT2D eigenvalue weighted by Gasteiger charge is 2.15. The third-order valence-electron chi connectivity index (χ3n) is 4.83. The molecule has 0 atom stereocenters. The van der Waals surface area contributed by atoms with E-state index in [9.17, 15) is 0 Å². The number of fused-ring (bicyclic) bond motifs is 1.